The fourth-order valence-electron chi connectivity index (χ4n) is 3.49. The van der Waals surface area contributed by atoms with Gasteiger partial charge < -0.3 is 15.4 Å². The van der Waals surface area contributed by atoms with Crippen molar-refractivity contribution in [2.45, 2.75) is 50.9 Å². The molecule has 0 aliphatic heterocycles. The molecule has 29 heavy (non-hydrogen) atoms. The number of aromatic nitrogens is 5. The number of carbonyl (C=O) groups excluding carboxylic acids is 1. The lowest BCUT2D eigenvalue weighted by atomic mass is 10.0. The average Bonchev–Trinajstić information content (AvgIpc) is 3.36. The topological polar surface area (TPSA) is 109 Å². The highest BCUT2D eigenvalue weighted by atomic mass is 79.9. The van der Waals surface area contributed by atoms with Crippen LogP contribution < -0.4 is 10.6 Å². The Labute approximate surface area is 174 Å². The van der Waals surface area contributed by atoms with Crippen molar-refractivity contribution in [2.75, 3.05) is 5.32 Å². The van der Waals surface area contributed by atoms with Crippen molar-refractivity contribution in [3.63, 3.8) is 0 Å². The van der Waals surface area contributed by atoms with E-state index in [0.29, 0.717) is 30.2 Å². The zero-order valence-corrected chi connectivity index (χ0v) is 17.5. The van der Waals surface area contributed by atoms with Crippen LogP contribution in [-0.4, -0.2) is 49.2 Å². The van der Waals surface area contributed by atoms with Crippen molar-refractivity contribution in [2.24, 2.45) is 0 Å². The summed E-state index contributed by atoms with van der Waals surface area (Å²) in [6.07, 6.45) is 3.41. The number of hydrogen-bond donors (Lipinski definition) is 3. The lowest BCUT2D eigenvalue weighted by Crippen LogP contribution is -2.36. The molecule has 3 aromatic heterocycles. The van der Waals surface area contributed by atoms with Gasteiger partial charge in [-0.05, 0) is 42.6 Å². The summed E-state index contributed by atoms with van der Waals surface area (Å²) in [5.41, 5.74) is 1.42. The van der Waals surface area contributed by atoms with Crippen molar-refractivity contribution in [1.29, 1.82) is 0 Å². The highest BCUT2D eigenvalue weighted by molar-refractivity contribution is 9.10. The highest BCUT2D eigenvalue weighted by Crippen LogP contribution is 2.38. The number of hydrogen-bond acceptors (Lipinski definition) is 6. The van der Waals surface area contributed by atoms with E-state index in [0.717, 1.165) is 9.99 Å². The normalized spacial score (nSPS) is 21.6. The lowest BCUT2D eigenvalue weighted by Gasteiger charge is -2.18. The predicted octanol–water partition coefficient (Wildman–Crippen LogP) is 3.68. The Morgan fingerprint density at radius 3 is 3.07 bits per heavy atom. The van der Waals surface area contributed by atoms with E-state index in [-0.39, 0.29) is 6.04 Å². The molecule has 0 radical (unpaired) electrons. The largest absolute Gasteiger partial charge is 0.443 e. The molecule has 1 saturated carbocycles. The van der Waals surface area contributed by atoms with Gasteiger partial charge in [0, 0.05) is 36.1 Å². The third-order valence-corrected chi connectivity index (χ3v) is 5.38. The van der Waals surface area contributed by atoms with Gasteiger partial charge in [-0.1, -0.05) is 0 Å². The SMILES string of the molecule is CC(C)NC(=O)O[C@H]1CC[C@@H](c2cc(Nc3nccn4ncc(Br)c34)n[nH]2)[C@H]1F. The summed E-state index contributed by atoms with van der Waals surface area (Å²) in [7, 11) is 0. The number of alkyl carbamates (subject to hydrolysis) is 1. The van der Waals surface area contributed by atoms with E-state index in [1.807, 2.05) is 13.8 Å². The minimum Gasteiger partial charge on any atom is -0.443 e. The number of fused-ring (bicyclic) bond motifs is 1. The number of ether oxygens (including phenoxy) is 1. The summed E-state index contributed by atoms with van der Waals surface area (Å²) in [5, 5.41) is 17.1. The number of anilines is 2. The van der Waals surface area contributed by atoms with Crippen molar-refractivity contribution in [3.8, 4) is 0 Å². The first-order valence-electron chi connectivity index (χ1n) is 9.33. The minimum absolute atomic E-state index is 0.0621. The molecule has 1 fully saturated rings. The zero-order chi connectivity index (χ0) is 20.5. The van der Waals surface area contributed by atoms with Crippen molar-refractivity contribution < 1.29 is 13.9 Å². The van der Waals surface area contributed by atoms with E-state index in [2.05, 4.69) is 46.8 Å². The van der Waals surface area contributed by atoms with Crippen LogP contribution in [0, 0.1) is 0 Å². The fraction of sp³-hybridized carbons (Fsp3) is 0.444. The molecule has 1 aliphatic rings. The predicted molar refractivity (Wildman–Crippen MR) is 108 cm³/mol. The first kappa shape index (κ1) is 19.6. The maximum atomic E-state index is 14.9. The van der Waals surface area contributed by atoms with Crippen LogP contribution in [0.25, 0.3) is 5.52 Å². The van der Waals surface area contributed by atoms with E-state index < -0.39 is 24.3 Å². The molecule has 0 bridgehead atoms. The molecule has 3 heterocycles. The number of alkyl halides is 1. The van der Waals surface area contributed by atoms with Gasteiger partial charge >= 0.3 is 6.09 Å². The summed E-state index contributed by atoms with van der Waals surface area (Å²) in [6.45, 7) is 3.64. The van der Waals surface area contributed by atoms with Gasteiger partial charge in [0.25, 0.3) is 0 Å². The summed E-state index contributed by atoms with van der Waals surface area (Å²) < 4.78 is 22.6. The van der Waals surface area contributed by atoms with E-state index in [1.54, 1.807) is 29.2 Å². The smallest absolute Gasteiger partial charge is 0.407 e. The molecule has 3 N–H and O–H groups in total. The van der Waals surface area contributed by atoms with Gasteiger partial charge in [0.15, 0.2) is 11.6 Å². The molecule has 1 amide bonds. The number of carbonyl (C=O) groups is 1. The maximum absolute atomic E-state index is 14.9. The number of amides is 1. The molecule has 0 spiro atoms. The van der Waals surface area contributed by atoms with Crippen LogP contribution in [0.2, 0.25) is 0 Å². The van der Waals surface area contributed by atoms with E-state index in [4.69, 9.17) is 4.74 Å². The molecule has 4 rings (SSSR count). The molecule has 154 valence electrons. The minimum atomic E-state index is -1.30. The Balaban J connectivity index is 1.45. The van der Waals surface area contributed by atoms with Crippen LogP contribution in [-0.2, 0) is 4.74 Å². The number of H-pyrrole nitrogens is 1. The van der Waals surface area contributed by atoms with Gasteiger partial charge in [-0.2, -0.15) is 10.2 Å². The first-order chi connectivity index (χ1) is 13.9. The van der Waals surface area contributed by atoms with Gasteiger partial charge in [-0.25, -0.2) is 18.7 Å². The van der Waals surface area contributed by atoms with E-state index in [1.165, 1.54) is 0 Å². The van der Waals surface area contributed by atoms with Crippen LogP contribution in [0.3, 0.4) is 0 Å². The molecule has 9 nitrogen and oxygen atoms in total. The Bertz CT molecular complexity index is 1020. The van der Waals surface area contributed by atoms with Gasteiger partial charge in [0.05, 0.1) is 10.7 Å². The van der Waals surface area contributed by atoms with Crippen LogP contribution in [0.5, 0.6) is 0 Å². The third kappa shape index (κ3) is 4.04. The average molecular weight is 466 g/mol. The zero-order valence-electron chi connectivity index (χ0n) is 15.9. The monoisotopic (exact) mass is 465 g/mol. The Morgan fingerprint density at radius 2 is 2.28 bits per heavy atom. The fourth-order valence-corrected chi connectivity index (χ4v) is 3.95. The molecule has 11 heteroatoms. The van der Waals surface area contributed by atoms with Gasteiger partial charge in [0.2, 0.25) is 0 Å². The summed E-state index contributed by atoms with van der Waals surface area (Å²) in [6, 6.07) is 1.69. The molecule has 1 aliphatic carbocycles. The molecule has 3 aromatic rings. The lowest BCUT2D eigenvalue weighted by molar-refractivity contribution is 0.0555. The first-order valence-corrected chi connectivity index (χ1v) is 10.1. The second kappa shape index (κ2) is 7.97. The number of nitrogens with one attached hydrogen (secondary N) is 3. The van der Waals surface area contributed by atoms with Gasteiger partial charge in [-0.15, -0.1) is 0 Å². The molecule has 0 unspecified atom stereocenters. The number of nitrogens with zero attached hydrogens (tertiary/aromatic N) is 4. The Morgan fingerprint density at radius 1 is 1.45 bits per heavy atom. The second-order valence-electron chi connectivity index (χ2n) is 7.27. The summed E-state index contributed by atoms with van der Waals surface area (Å²) in [5.74, 6) is 0.674. The molecular formula is C18H21BrFN7O2. The van der Waals surface area contributed by atoms with Crippen LogP contribution in [0.1, 0.15) is 38.3 Å². The van der Waals surface area contributed by atoms with Crippen molar-refractivity contribution >= 4 is 39.2 Å². The molecule has 0 aromatic carbocycles. The van der Waals surface area contributed by atoms with Gasteiger partial charge in [0.1, 0.15) is 17.8 Å². The maximum Gasteiger partial charge on any atom is 0.407 e. The quantitative estimate of drug-likeness (QED) is 0.530. The Kier molecular flexibility index (Phi) is 5.39. The van der Waals surface area contributed by atoms with Crippen LogP contribution >= 0.6 is 15.9 Å². The molecule has 0 saturated heterocycles. The van der Waals surface area contributed by atoms with Crippen molar-refractivity contribution in [1.82, 2.24) is 30.1 Å². The van der Waals surface area contributed by atoms with Crippen molar-refractivity contribution in [3.05, 3.63) is 34.8 Å². The number of aromatic amines is 1. The van der Waals surface area contributed by atoms with Crippen LogP contribution in [0.15, 0.2) is 29.1 Å². The Hall–Kier alpha value is -2.69. The summed E-state index contributed by atoms with van der Waals surface area (Å²) in [4.78, 5) is 16.1. The highest BCUT2D eigenvalue weighted by Gasteiger charge is 2.40. The van der Waals surface area contributed by atoms with E-state index in [9.17, 15) is 9.18 Å². The number of rotatable bonds is 5. The molecule has 3 atom stereocenters. The van der Waals surface area contributed by atoms with Crippen LogP contribution in [0.4, 0.5) is 20.8 Å². The summed E-state index contributed by atoms with van der Waals surface area (Å²) >= 11 is 3.45. The number of halogens is 2. The molecular weight excluding hydrogens is 445 g/mol. The van der Waals surface area contributed by atoms with Gasteiger partial charge in [-0.3, -0.25) is 5.10 Å². The second-order valence-corrected chi connectivity index (χ2v) is 8.12. The van der Waals surface area contributed by atoms with E-state index >= 15 is 0 Å². The third-order valence-electron chi connectivity index (χ3n) is 4.80. The standard InChI is InChI=1S/C18H21BrFN7O2/c1-9(2)23-18(28)29-13-4-3-10(15(13)20)12-7-14(26-25-12)24-17-16-11(19)8-22-27(16)6-5-21-17/h5-10,13,15H,3-4H2,1-2H3,(H,23,28)(H2,21,24,25,26)/t10-,13-,15+/m0/s1.